The summed E-state index contributed by atoms with van der Waals surface area (Å²) in [5.41, 5.74) is 7.27. The van der Waals surface area contributed by atoms with Crippen molar-refractivity contribution in [2.75, 3.05) is 6.54 Å². The molecule has 0 atom stereocenters. The summed E-state index contributed by atoms with van der Waals surface area (Å²) in [7, 11) is 0. The lowest BCUT2D eigenvalue weighted by Crippen LogP contribution is -2.37. The van der Waals surface area contributed by atoms with Crippen molar-refractivity contribution in [2.24, 2.45) is 16.1 Å². The molecule has 4 heteroatoms. The van der Waals surface area contributed by atoms with Gasteiger partial charge in [-0.25, -0.2) is 0 Å². The van der Waals surface area contributed by atoms with E-state index in [-0.39, 0.29) is 29.4 Å². The third-order valence-corrected chi connectivity index (χ3v) is 2.64. The first-order valence-corrected chi connectivity index (χ1v) is 6.49. The lowest BCUT2D eigenvalue weighted by atomic mass is 9.86. The SMILES string of the molecule is CC(C)NC(N)=NCC(C)(C)Cc1ccccc1.I. The third-order valence-electron chi connectivity index (χ3n) is 2.64. The van der Waals surface area contributed by atoms with Gasteiger partial charge >= 0.3 is 0 Å². The van der Waals surface area contributed by atoms with Crippen molar-refractivity contribution < 1.29 is 0 Å². The van der Waals surface area contributed by atoms with Gasteiger partial charge in [0.1, 0.15) is 0 Å². The molecule has 0 amide bonds. The number of benzene rings is 1. The number of guanidine groups is 1. The van der Waals surface area contributed by atoms with Crippen LogP contribution in [0.4, 0.5) is 0 Å². The second-order valence-corrected chi connectivity index (χ2v) is 5.83. The largest absolute Gasteiger partial charge is 0.370 e. The monoisotopic (exact) mass is 375 g/mol. The smallest absolute Gasteiger partial charge is 0.188 e. The second-order valence-electron chi connectivity index (χ2n) is 5.83. The maximum atomic E-state index is 5.81. The minimum absolute atomic E-state index is 0. The van der Waals surface area contributed by atoms with Crippen LogP contribution in [0.3, 0.4) is 0 Å². The number of nitrogens with two attached hydrogens (primary N) is 1. The van der Waals surface area contributed by atoms with Crippen LogP contribution in [-0.2, 0) is 6.42 Å². The first kappa shape index (κ1) is 18.2. The van der Waals surface area contributed by atoms with E-state index in [4.69, 9.17) is 5.73 Å². The standard InChI is InChI=1S/C15H25N3.HI/c1-12(2)18-14(16)17-11-15(3,4)10-13-8-6-5-7-9-13;/h5-9,12H,10-11H2,1-4H3,(H3,16,17,18);1H. The molecule has 0 aliphatic heterocycles. The van der Waals surface area contributed by atoms with E-state index in [1.807, 2.05) is 6.07 Å². The van der Waals surface area contributed by atoms with Crippen LogP contribution in [0.15, 0.2) is 35.3 Å². The zero-order chi connectivity index (χ0) is 13.6. The van der Waals surface area contributed by atoms with Gasteiger partial charge < -0.3 is 11.1 Å². The molecule has 19 heavy (non-hydrogen) atoms. The first-order valence-electron chi connectivity index (χ1n) is 6.49. The van der Waals surface area contributed by atoms with Gasteiger partial charge in [0.25, 0.3) is 0 Å². The van der Waals surface area contributed by atoms with Gasteiger partial charge in [0.2, 0.25) is 0 Å². The molecule has 0 radical (unpaired) electrons. The van der Waals surface area contributed by atoms with Gasteiger partial charge in [0, 0.05) is 12.6 Å². The van der Waals surface area contributed by atoms with E-state index in [0.29, 0.717) is 12.0 Å². The molecular formula is C15H26IN3. The molecule has 1 aromatic rings. The molecule has 0 aromatic heterocycles. The number of hydrogen-bond donors (Lipinski definition) is 2. The molecule has 1 aromatic carbocycles. The van der Waals surface area contributed by atoms with Crippen LogP contribution in [0.1, 0.15) is 33.3 Å². The van der Waals surface area contributed by atoms with Crippen LogP contribution in [0.25, 0.3) is 0 Å². The number of nitrogens with one attached hydrogen (secondary N) is 1. The van der Waals surface area contributed by atoms with Crippen molar-refractivity contribution in [3.63, 3.8) is 0 Å². The van der Waals surface area contributed by atoms with Gasteiger partial charge in [-0.1, -0.05) is 44.2 Å². The molecule has 108 valence electrons. The predicted molar refractivity (Wildman–Crippen MR) is 94.1 cm³/mol. The lowest BCUT2D eigenvalue weighted by molar-refractivity contribution is 0.377. The normalized spacial score (nSPS) is 12.2. The molecule has 0 saturated carbocycles. The Morgan fingerprint density at radius 2 is 1.84 bits per heavy atom. The molecule has 0 saturated heterocycles. The van der Waals surface area contributed by atoms with Crippen molar-refractivity contribution in [2.45, 2.75) is 40.2 Å². The molecule has 0 unspecified atom stereocenters. The Balaban J connectivity index is 0.00000324. The van der Waals surface area contributed by atoms with E-state index in [0.717, 1.165) is 13.0 Å². The summed E-state index contributed by atoms with van der Waals surface area (Å²) in [4.78, 5) is 4.42. The number of nitrogens with zero attached hydrogens (tertiary/aromatic N) is 1. The summed E-state index contributed by atoms with van der Waals surface area (Å²) < 4.78 is 0. The molecule has 0 bridgehead atoms. The van der Waals surface area contributed by atoms with Crippen molar-refractivity contribution >= 4 is 29.9 Å². The Morgan fingerprint density at radius 3 is 2.37 bits per heavy atom. The van der Waals surface area contributed by atoms with Gasteiger partial charge in [0.15, 0.2) is 5.96 Å². The van der Waals surface area contributed by atoms with Crippen molar-refractivity contribution in [3.05, 3.63) is 35.9 Å². The van der Waals surface area contributed by atoms with Crippen LogP contribution in [0.5, 0.6) is 0 Å². The molecule has 0 fully saturated rings. The summed E-state index contributed by atoms with van der Waals surface area (Å²) in [5, 5.41) is 3.11. The summed E-state index contributed by atoms with van der Waals surface area (Å²) >= 11 is 0. The van der Waals surface area contributed by atoms with E-state index in [2.05, 4.69) is 62.3 Å². The Morgan fingerprint density at radius 1 is 1.26 bits per heavy atom. The molecule has 1 rings (SSSR count). The topological polar surface area (TPSA) is 50.4 Å². The summed E-state index contributed by atoms with van der Waals surface area (Å²) in [6.07, 6.45) is 1.01. The van der Waals surface area contributed by atoms with E-state index < -0.39 is 0 Å². The van der Waals surface area contributed by atoms with Crippen LogP contribution in [0, 0.1) is 5.41 Å². The van der Waals surface area contributed by atoms with Crippen LogP contribution in [0.2, 0.25) is 0 Å². The molecule has 0 spiro atoms. The fraction of sp³-hybridized carbons (Fsp3) is 0.533. The molecule has 0 heterocycles. The number of aliphatic imine (C=N–C) groups is 1. The second kappa shape index (κ2) is 8.40. The summed E-state index contributed by atoms with van der Waals surface area (Å²) in [5.74, 6) is 0.533. The van der Waals surface area contributed by atoms with E-state index >= 15 is 0 Å². The van der Waals surface area contributed by atoms with Crippen LogP contribution in [-0.4, -0.2) is 18.5 Å². The van der Waals surface area contributed by atoms with Crippen LogP contribution < -0.4 is 11.1 Å². The minimum Gasteiger partial charge on any atom is -0.370 e. The van der Waals surface area contributed by atoms with Gasteiger partial charge in [-0.15, -0.1) is 24.0 Å². The average molecular weight is 375 g/mol. The molecule has 0 aliphatic carbocycles. The predicted octanol–water partition coefficient (Wildman–Crippen LogP) is 3.19. The number of rotatable bonds is 5. The highest BCUT2D eigenvalue weighted by atomic mass is 127. The average Bonchev–Trinajstić information content (AvgIpc) is 2.26. The maximum absolute atomic E-state index is 5.81. The first-order chi connectivity index (χ1) is 8.39. The van der Waals surface area contributed by atoms with Crippen molar-refractivity contribution in [1.29, 1.82) is 0 Å². The Kier molecular flexibility index (Phi) is 8.06. The molecular weight excluding hydrogens is 349 g/mol. The van der Waals surface area contributed by atoms with E-state index in [1.54, 1.807) is 0 Å². The van der Waals surface area contributed by atoms with Crippen LogP contribution >= 0.6 is 24.0 Å². The zero-order valence-corrected chi connectivity index (χ0v) is 14.6. The van der Waals surface area contributed by atoms with Crippen molar-refractivity contribution in [3.8, 4) is 0 Å². The Hall–Kier alpha value is -0.780. The van der Waals surface area contributed by atoms with Crippen molar-refractivity contribution in [1.82, 2.24) is 5.32 Å². The maximum Gasteiger partial charge on any atom is 0.188 e. The Labute approximate surface area is 134 Å². The quantitative estimate of drug-likeness (QED) is 0.472. The lowest BCUT2D eigenvalue weighted by Gasteiger charge is -2.23. The fourth-order valence-electron chi connectivity index (χ4n) is 1.84. The van der Waals surface area contributed by atoms with Gasteiger partial charge in [-0.05, 0) is 31.2 Å². The molecule has 0 aliphatic rings. The minimum atomic E-state index is 0. The van der Waals surface area contributed by atoms with E-state index in [9.17, 15) is 0 Å². The Bertz CT molecular complexity index is 386. The highest BCUT2D eigenvalue weighted by Gasteiger charge is 2.18. The third kappa shape index (κ3) is 8.08. The number of halogens is 1. The zero-order valence-electron chi connectivity index (χ0n) is 12.3. The van der Waals surface area contributed by atoms with Gasteiger partial charge in [-0.3, -0.25) is 4.99 Å². The molecule has 3 N–H and O–H groups in total. The van der Waals surface area contributed by atoms with Gasteiger partial charge in [-0.2, -0.15) is 0 Å². The highest BCUT2D eigenvalue weighted by molar-refractivity contribution is 14.0. The van der Waals surface area contributed by atoms with Gasteiger partial charge in [0.05, 0.1) is 0 Å². The fourth-order valence-corrected chi connectivity index (χ4v) is 1.84. The molecule has 3 nitrogen and oxygen atoms in total. The summed E-state index contributed by atoms with van der Waals surface area (Å²) in [6.45, 7) is 9.26. The summed E-state index contributed by atoms with van der Waals surface area (Å²) in [6, 6.07) is 10.8. The highest BCUT2D eigenvalue weighted by Crippen LogP contribution is 2.21. The van der Waals surface area contributed by atoms with E-state index in [1.165, 1.54) is 5.56 Å². The number of hydrogen-bond acceptors (Lipinski definition) is 1.